The van der Waals surface area contributed by atoms with Crippen LogP contribution in [0.25, 0.3) is 0 Å². The first-order chi connectivity index (χ1) is 7.08. The zero-order chi connectivity index (χ0) is 10.3. The fourth-order valence-corrected chi connectivity index (χ4v) is 3.94. The summed E-state index contributed by atoms with van der Waals surface area (Å²) in [5.74, 6) is -0.386. The monoisotopic (exact) mass is 212 g/mol. The lowest BCUT2D eigenvalue weighted by Crippen LogP contribution is -2.49. The lowest BCUT2D eigenvalue weighted by Gasteiger charge is -2.31. The Morgan fingerprint density at radius 2 is 2.13 bits per heavy atom. The van der Waals surface area contributed by atoms with Crippen LogP contribution >= 0.6 is 0 Å². The molecule has 15 heavy (non-hydrogen) atoms. The summed E-state index contributed by atoms with van der Waals surface area (Å²) in [5, 5.41) is 0. The van der Waals surface area contributed by atoms with E-state index < -0.39 is 0 Å². The molecule has 4 nitrogen and oxygen atoms in total. The first kappa shape index (κ1) is 8.93. The van der Waals surface area contributed by atoms with Crippen LogP contribution in [0.2, 0.25) is 0 Å². The standard InChI is InChI=1S/C11H18NO3/c1-11(2)13-9-6-12-4-3-7(15-12)5-8(12)10(9)14-11/h7-10H,3-6H2,1-2H3/q+1/t7-,8+,9-,10+,12?/m1/s1. The molecule has 0 aromatic heterocycles. The number of hydrogen-bond donors (Lipinski definition) is 0. The topological polar surface area (TPSA) is 27.7 Å². The third kappa shape index (κ3) is 1.01. The number of quaternary nitrogens is 1. The van der Waals surface area contributed by atoms with Crippen molar-refractivity contribution in [2.24, 2.45) is 0 Å². The number of hydrogen-bond acceptors (Lipinski definition) is 3. The zero-order valence-corrected chi connectivity index (χ0v) is 9.31. The maximum Gasteiger partial charge on any atom is 0.164 e. The van der Waals surface area contributed by atoms with Gasteiger partial charge in [0.15, 0.2) is 11.8 Å². The molecule has 4 heterocycles. The van der Waals surface area contributed by atoms with Crippen molar-refractivity contribution in [1.29, 1.82) is 0 Å². The minimum atomic E-state index is -0.386. The smallest absolute Gasteiger partial charge is 0.164 e. The maximum atomic E-state index is 6.07. The highest BCUT2D eigenvalue weighted by Gasteiger charge is 2.69. The first-order valence-corrected chi connectivity index (χ1v) is 5.99. The molecule has 0 aromatic rings. The summed E-state index contributed by atoms with van der Waals surface area (Å²) in [6.45, 7) is 6.18. The van der Waals surface area contributed by atoms with Gasteiger partial charge < -0.3 is 9.47 Å². The van der Waals surface area contributed by atoms with Gasteiger partial charge in [-0.1, -0.05) is 0 Å². The van der Waals surface area contributed by atoms with Gasteiger partial charge in [-0.2, -0.15) is 9.48 Å². The summed E-state index contributed by atoms with van der Waals surface area (Å²) in [7, 11) is 0. The van der Waals surface area contributed by atoms with Crippen LogP contribution < -0.4 is 0 Å². The molecule has 4 aliphatic heterocycles. The van der Waals surface area contributed by atoms with Gasteiger partial charge in [0.2, 0.25) is 0 Å². The molecule has 5 atom stereocenters. The Kier molecular flexibility index (Phi) is 1.43. The number of piperidine rings is 1. The van der Waals surface area contributed by atoms with Crippen molar-refractivity contribution >= 4 is 0 Å². The fourth-order valence-electron chi connectivity index (χ4n) is 3.94. The second kappa shape index (κ2) is 2.40. The maximum absolute atomic E-state index is 6.07. The number of rotatable bonds is 0. The molecule has 0 radical (unpaired) electrons. The van der Waals surface area contributed by atoms with Crippen LogP contribution in [0.3, 0.4) is 0 Å². The average molecular weight is 212 g/mol. The van der Waals surface area contributed by atoms with E-state index in [1.54, 1.807) is 0 Å². The zero-order valence-electron chi connectivity index (χ0n) is 9.31. The van der Waals surface area contributed by atoms with Gasteiger partial charge in [0, 0.05) is 12.8 Å². The largest absolute Gasteiger partial charge is 0.338 e. The van der Waals surface area contributed by atoms with Crippen LogP contribution in [0.15, 0.2) is 0 Å². The number of hydroxylamine groups is 3. The minimum absolute atomic E-state index is 0.254. The van der Waals surface area contributed by atoms with Crippen molar-refractivity contribution in [2.75, 3.05) is 13.1 Å². The van der Waals surface area contributed by atoms with Crippen molar-refractivity contribution in [1.82, 2.24) is 0 Å². The summed E-state index contributed by atoms with van der Waals surface area (Å²) >= 11 is 0. The average Bonchev–Trinajstić information content (AvgIpc) is 2.78. The van der Waals surface area contributed by atoms with Gasteiger partial charge in [0.1, 0.15) is 31.4 Å². The van der Waals surface area contributed by atoms with Crippen molar-refractivity contribution in [3.05, 3.63) is 0 Å². The van der Waals surface area contributed by atoms with Crippen LogP contribution in [0, 0.1) is 0 Å². The molecule has 4 aliphatic rings. The van der Waals surface area contributed by atoms with E-state index in [9.17, 15) is 0 Å². The quantitative estimate of drug-likeness (QED) is 0.556. The van der Waals surface area contributed by atoms with E-state index in [1.165, 1.54) is 12.8 Å². The summed E-state index contributed by atoms with van der Waals surface area (Å²) < 4.78 is 12.8. The Hall–Kier alpha value is -0.160. The Labute approximate surface area is 89.6 Å². The van der Waals surface area contributed by atoms with Gasteiger partial charge >= 0.3 is 0 Å². The molecular weight excluding hydrogens is 194 g/mol. The molecule has 0 amide bonds. The molecule has 0 aliphatic carbocycles. The lowest BCUT2D eigenvalue weighted by atomic mass is 10.00. The molecule has 0 aromatic carbocycles. The van der Waals surface area contributed by atoms with E-state index in [-0.39, 0.29) is 18.0 Å². The molecule has 2 bridgehead atoms. The van der Waals surface area contributed by atoms with Crippen LogP contribution in [0.4, 0.5) is 0 Å². The SMILES string of the molecule is CC1(C)O[C@@H]2[C@@H](C[N+]34CC[C@H](C[C@@H]23)O4)O1. The summed E-state index contributed by atoms with van der Waals surface area (Å²) in [6.07, 6.45) is 3.40. The molecule has 4 fully saturated rings. The highest BCUT2D eigenvalue weighted by atomic mass is 16.8. The molecule has 1 unspecified atom stereocenters. The van der Waals surface area contributed by atoms with Gasteiger partial charge in [0.25, 0.3) is 0 Å². The van der Waals surface area contributed by atoms with Gasteiger partial charge in [0.05, 0.1) is 0 Å². The van der Waals surface area contributed by atoms with Gasteiger partial charge in [-0.25, -0.2) is 0 Å². The van der Waals surface area contributed by atoms with Crippen molar-refractivity contribution < 1.29 is 19.0 Å². The summed E-state index contributed by atoms with van der Waals surface area (Å²) in [4.78, 5) is 6.07. The number of ether oxygens (including phenoxy) is 2. The number of nitrogens with zero attached hydrogens (tertiary/aromatic N) is 1. The third-order valence-electron chi connectivity index (χ3n) is 4.39. The van der Waals surface area contributed by atoms with Crippen molar-refractivity contribution in [2.45, 2.75) is 56.8 Å². The van der Waals surface area contributed by atoms with Gasteiger partial charge in [-0.3, -0.25) is 0 Å². The van der Waals surface area contributed by atoms with Crippen LogP contribution in [0.5, 0.6) is 0 Å². The molecule has 1 spiro atoms. The predicted molar refractivity (Wildman–Crippen MR) is 51.7 cm³/mol. The molecule has 4 heteroatoms. The second-order valence-corrected chi connectivity index (χ2v) is 5.82. The molecule has 0 saturated carbocycles. The van der Waals surface area contributed by atoms with E-state index in [0.29, 0.717) is 12.1 Å². The molecule has 84 valence electrons. The summed E-state index contributed by atoms with van der Waals surface area (Å²) in [5.41, 5.74) is 0. The number of fused-ring (bicyclic) bond motifs is 3. The Morgan fingerprint density at radius 1 is 1.27 bits per heavy atom. The lowest BCUT2D eigenvalue weighted by molar-refractivity contribution is -1.09. The predicted octanol–water partition coefficient (Wildman–Crippen LogP) is 0.813. The van der Waals surface area contributed by atoms with E-state index in [4.69, 9.17) is 14.3 Å². The minimum Gasteiger partial charge on any atom is -0.338 e. The molecule has 4 rings (SSSR count). The Bertz CT molecular complexity index is 319. The van der Waals surface area contributed by atoms with Crippen LogP contribution in [-0.2, 0) is 14.3 Å². The van der Waals surface area contributed by atoms with Crippen LogP contribution in [-0.4, -0.2) is 47.9 Å². The Balaban J connectivity index is 1.67. The molecule has 0 N–H and O–H groups in total. The van der Waals surface area contributed by atoms with E-state index in [2.05, 4.69) is 0 Å². The second-order valence-electron chi connectivity index (χ2n) is 5.82. The molecular formula is C11H18NO3+. The third-order valence-corrected chi connectivity index (χ3v) is 4.39. The van der Waals surface area contributed by atoms with Crippen molar-refractivity contribution in [3.8, 4) is 0 Å². The first-order valence-electron chi connectivity index (χ1n) is 5.99. The van der Waals surface area contributed by atoms with E-state index >= 15 is 0 Å². The van der Waals surface area contributed by atoms with Gasteiger partial charge in [-0.15, -0.1) is 0 Å². The van der Waals surface area contributed by atoms with Crippen molar-refractivity contribution in [3.63, 3.8) is 0 Å². The summed E-state index contributed by atoms with van der Waals surface area (Å²) in [6, 6.07) is 0.538. The molecule has 4 saturated heterocycles. The highest BCUT2D eigenvalue weighted by molar-refractivity contribution is 4.97. The van der Waals surface area contributed by atoms with E-state index in [1.807, 2.05) is 13.8 Å². The fraction of sp³-hybridized carbons (Fsp3) is 1.00. The van der Waals surface area contributed by atoms with Gasteiger partial charge in [-0.05, 0) is 13.8 Å². The highest BCUT2D eigenvalue weighted by Crippen LogP contribution is 2.50. The normalized spacial score (nSPS) is 59.6. The Morgan fingerprint density at radius 3 is 2.93 bits per heavy atom. The van der Waals surface area contributed by atoms with E-state index in [0.717, 1.165) is 17.7 Å². The van der Waals surface area contributed by atoms with Crippen LogP contribution in [0.1, 0.15) is 26.7 Å².